The lowest BCUT2D eigenvalue weighted by molar-refractivity contribution is -0.132. The number of carbonyl (C=O) groups is 1. The fourth-order valence-corrected chi connectivity index (χ4v) is 2.43. The molecule has 1 unspecified atom stereocenters. The number of aryl methyl sites for hydroxylation is 1. The smallest absolute Gasteiger partial charge is 0.225 e. The molecular weight excluding hydrogens is 250 g/mol. The molecule has 1 fully saturated rings. The summed E-state index contributed by atoms with van der Waals surface area (Å²) in [5.41, 5.74) is 2.06. The Morgan fingerprint density at radius 1 is 1.30 bits per heavy atom. The van der Waals surface area contributed by atoms with Crippen molar-refractivity contribution < 1.29 is 4.79 Å². The van der Waals surface area contributed by atoms with Crippen LogP contribution in [0.2, 0.25) is 0 Å². The van der Waals surface area contributed by atoms with E-state index in [1.165, 1.54) is 12.0 Å². The summed E-state index contributed by atoms with van der Waals surface area (Å²) >= 11 is 0. The van der Waals surface area contributed by atoms with Crippen molar-refractivity contribution in [2.75, 3.05) is 18.4 Å². The minimum Gasteiger partial charge on any atom is -0.369 e. The molecule has 1 aliphatic heterocycles. The minimum atomic E-state index is -0.466. The summed E-state index contributed by atoms with van der Waals surface area (Å²) in [7, 11) is 0. The predicted molar refractivity (Wildman–Crippen MR) is 79.3 cm³/mol. The second kappa shape index (κ2) is 6.95. The topological polar surface area (TPSA) is 56.1 Å². The summed E-state index contributed by atoms with van der Waals surface area (Å²) < 4.78 is 0. The van der Waals surface area contributed by atoms with Crippen LogP contribution >= 0.6 is 0 Å². The number of hydrogen-bond acceptors (Lipinski definition) is 3. The van der Waals surface area contributed by atoms with Crippen molar-refractivity contribution in [2.45, 2.75) is 38.6 Å². The average Bonchev–Trinajstić information content (AvgIpc) is 2.49. The Labute approximate surface area is 120 Å². The zero-order valence-corrected chi connectivity index (χ0v) is 11.9. The molecule has 106 valence electrons. The van der Waals surface area contributed by atoms with Crippen LogP contribution in [-0.2, 0) is 4.79 Å². The summed E-state index contributed by atoms with van der Waals surface area (Å²) in [6.45, 7) is 3.69. The van der Waals surface area contributed by atoms with Crippen LogP contribution in [0.25, 0.3) is 0 Å². The maximum atomic E-state index is 12.1. The average molecular weight is 271 g/mol. The molecule has 1 aromatic carbocycles. The standard InChI is InChI=1S/C16H21N3O/c1-13-5-7-14(8-6-13)18-15(12-17)11-16(20)19-9-3-2-4-10-19/h5-8,15,18H,2-4,9-11H2,1H3. The third-order valence-electron chi connectivity index (χ3n) is 3.64. The molecule has 4 nitrogen and oxygen atoms in total. The second-order valence-electron chi connectivity index (χ2n) is 5.34. The van der Waals surface area contributed by atoms with Crippen molar-refractivity contribution in [2.24, 2.45) is 0 Å². The number of anilines is 1. The van der Waals surface area contributed by atoms with Gasteiger partial charge >= 0.3 is 0 Å². The van der Waals surface area contributed by atoms with Gasteiger partial charge in [0.2, 0.25) is 5.91 Å². The van der Waals surface area contributed by atoms with Crippen molar-refractivity contribution >= 4 is 11.6 Å². The fraction of sp³-hybridized carbons (Fsp3) is 0.500. The number of amides is 1. The summed E-state index contributed by atoms with van der Waals surface area (Å²) in [6.07, 6.45) is 3.60. The van der Waals surface area contributed by atoms with Crippen LogP contribution in [0.5, 0.6) is 0 Å². The first-order valence-electron chi connectivity index (χ1n) is 7.19. The largest absolute Gasteiger partial charge is 0.369 e. The number of hydrogen-bond donors (Lipinski definition) is 1. The van der Waals surface area contributed by atoms with Gasteiger partial charge in [-0.3, -0.25) is 4.79 Å². The highest BCUT2D eigenvalue weighted by molar-refractivity contribution is 5.78. The van der Waals surface area contributed by atoms with Gasteiger partial charge in [-0.15, -0.1) is 0 Å². The monoisotopic (exact) mass is 271 g/mol. The van der Waals surface area contributed by atoms with E-state index in [9.17, 15) is 10.1 Å². The molecule has 1 atom stereocenters. The molecule has 4 heteroatoms. The number of nitriles is 1. The van der Waals surface area contributed by atoms with Crippen LogP contribution in [0.4, 0.5) is 5.69 Å². The van der Waals surface area contributed by atoms with Gasteiger partial charge < -0.3 is 10.2 Å². The molecule has 1 heterocycles. The van der Waals surface area contributed by atoms with Crippen LogP contribution in [0.3, 0.4) is 0 Å². The number of likely N-dealkylation sites (tertiary alicyclic amines) is 1. The van der Waals surface area contributed by atoms with E-state index < -0.39 is 6.04 Å². The first kappa shape index (κ1) is 14.4. The minimum absolute atomic E-state index is 0.0795. The van der Waals surface area contributed by atoms with E-state index in [1.54, 1.807) is 0 Å². The maximum Gasteiger partial charge on any atom is 0.225 e. The normalized spacial score (nSPS) is 16.3. The summed E-state index contributed by atoms with van der Waals surface area (Å²) in [6, 6.07) is 9.56. The Bertz CT molecular complexity index is 483. The first-order valence-corrected chi connectivity index (χ1v) is 7.19. The highest BCUT2D eigenvalue weighted by Gasteiger charge is 2.20. The van der Waals surface area contributed by atoms with Gasteiger partial charge in [0.1, 0.15) is 6.04 Å². The fourth-order valence-electron chi connectivity index (χ4n) is 2.43. The Morgan fingerprint density at radius 2 is 1.95 bits per heavy atom. The molecule has 0 radical (unpaired) electrons. The molecule has 1 N–H and O–H groups in total. The summed E-state index contributed by atoms with van der Waals surface area (Å²) in [5, 5.41) is 12.3. The number of nitrogens with one attached hydrogen (secondary N) is 1. The Balaban J connectivity index is 1.90. The van der Waals surface area contributed by atoms with E-state index in [0.29, 0.717) is 0 Å². The molecule has 0 spiro atoms. The van der Waals surface area contributed by atoms with Crippen molar-refractivity contribution in [1.29, 1.82) is 5.26 Å². The molecule has 1 aromatic rings. The molecule has 0 aromatic heterocycles. The molecule has 0 saturated carbocycles. The molecule has 1 aliphatic rings. The molecule has 2 rings (SSSR count). The number of carbonyl (C=O) groups excluding carboxylic acids is 1. The van der Waals surface area contributed by atoms with Crippen LogP contribution in [-0.4, -0.2) is 29.9 Å². The summed E-state index contributed by atoms with van der Waals surface area (Å²) in [5.74, 6) is 0.0795. The van der Waals surface area contributed by atoms with E-state index in [-0.39, 0.29) is 12.3 Å². The Morgan fingerprint density at radius 3 is 2.55 bits per heavy atom. The highest BCUT2D eigenvalue weighted by atomic mass is 16.2. The number of rotatable bonds is 4. The second-order valence-corrected chi connectivity index (χ2v) is 5.34. The SMILES string of the molecule is Cc1ccc(NC(C#N)CC(=O)N2CCCCC2)cc1. The zero-order chi connectivity index (χ0) is 14.4. The molecule has 20 heavy (non-hydrogen) atoms. The molecular formula is C16H21N3O. The molecule has 0 bridgehead atoms. The van der Waals surface area contributed by atoms with E-state index in [1.807, 2.05) is 36.1 Å². The van der Waals surface area contributed by atoms with Gasteiger partial charge in [0, 0.05) is 18.8 Å². The quantitative estimate of drug-likeness (QED) is 0.916. The highest BCUT2D eigenvalue weighted by Crippen LogP contribution is 2.14. The lowest BCUT2D eigenvalue weighted by Gasteiger charge is -2.27. The van der Waals surface area contributed by atoms with Crippen molar-refractivity contribution in [3.63, 3.8) is 0 Å². The van der Waals surface area contributed by atoms with Gasteiger partial charge in [0.05, 0.1) is 12.5 Å². The number of benzene rings is 1. The lowest BCUT2D eigenvalue weighted by atomic mass is 10.1. The van der Waals surface area contributed by atoms with Gasteiger partial charge in [-0.25, -0.2) is 0 Å². The first-order chi connectivity index (χ1) is 9.69. The van der Waals surface area contributed by atoms with E-state index in [2.05, 4.69) is 11.4 Å². The molecule has 1 saturated heterocycles. The zero-order valence-electron chi connectivity index (χ0n) is 11.9. The number of nitrogens with zero attached hydrogens (tertiary/aromatic N) is 2. The van der Waals surface area contributed by atoms with E-state index in [0.717, 1.165) is 31.6 Å². The van der Waals surface area contributed by atoms with Crippen LogP contribution in [0, 0.1) is 18.3 Å². The van der Waals surface area contributed by atoms with Crippen LogP contribution in [0.1, 0.15) is 31.2 Å². The predicted octanol–water partition coefficient (Wildman–Crippen LogP) is 2.70. The third kappa shape index (κ3) is 3.99. The molecule has 1 amide bonds. The Kier molecular flexibility index (Phi) is 5.00. The van der Waals surface area contributed by atoms with Crippen molar-refractivity contribution in [1.82, 2.24) is 4.90 Å². The van der Waals surface area contributed by atoms with Gasteiger partial charge in [-0.05, 0) is 38.3 Å². The van der Waals surface area contributed by atoms with E-state index >= 15 is 0 Å². The molecule has 0 aliphatic carbocycles. The van der Waals surface area contributed by atoms with Gasteiger partial charge in [0.15, 0.2) is 0 Å². The van der Waals surface area contributed by atoms with Crippen LogP contribution < -0.4 is 5.32 Å². The summed E-state index contributed by atoms with van der Waals surface area (Å²) in [4.78, 5) is 14.0. The lowest BCUT2D eigenvalue weighted by Crippen LogP contribution is -2.38. The van der Waals surface area contributed by atoms with Gasteiger partial charge in [-0.1, -0.05) is 17.7 Å². The van der Waals surface area contributed by atoms with E-state index in [4.69, 9.17) is 0 Å². The van der Waals surface area contributed by atoms with Gasteiger partial charge in [0.25, 0.3) is 0 Å². The third-order valence-corrected chi connectivity index (χ3v) is 3.64. The van der Waals surface area contributed by atoms with Crippen LogP contribution in [0.15, 0.2) is 24.3 Å². The number of piperidine rings is 1. The maximum absolute atomic E-state index is 12.1. The van der Waals surface area contributed by atoms with Crippen molar-refractivity contribution in [3.8, 4) is 6.07 Å². The van der Waals surface area contributed by atoms with Crippen molar-refractivity contribution in [3.05, 3.63) is 29.8 Å². The Hall–Kier alpha value is -2.02. The van der Waals surface area contributed by atoms with Gasteiger partial charge in [-0.2, -0.15) is 5.26 Å².